The van der Waals surface area contributed by atoms with Crippen LogP contribution in [0, 0.1) is 18.6 Å². The topological polar surface area (TPSA) is 119 Å². The van der Waals surface area contributed by atoms with Gasteiger partial charge in [-0.15, -0.1) is 0 Å². The number of carbonyl (C=O) groups excluding carboxylic acids is 1. The Morgan fingerprint density at radius 2 is 1.93 bits per heavy atom. The van der Waals surface area contributed by atoms with Gasteiger partial charge in [-0.2, -0.15) is 5.10 Å². The molecule has 40 heavy (non-hydrogen) atoms. The quantitative estimate of drug-likeness (QED) is 0.308. The lowest BCUT2D eigenvalue weighted by Gasteiger charge is -2.19. The lowest BCUT2D eigenvalue weighted by atomic mass is 10.0. The molecule has 5 rings (SSSR count). The second-order valence-corrected chi connectivity index (χ2v) is 9.64. The normalized spacial score (nSPS) is 14.3. The predicted molar refractivity (Wildman–Crippen MR) is 148 cm³/mol. The zero-order valence-corrected chi connectivity index (χ0v) is 22.3. The number of rotatable bonds is 7. The number of nitrogens with one attached hydrogen (secondary N) is 2. The molecule has 2 aromatic carbocycles. The largest absolute Gasteiger partial charge is 0.382 e. The van der Waals surface area contributed by atoms with Crippen molar-refractivity contribution in [2.45, 2.75) is 26.5 Å². The minimum absolute atomic E-state index is 0.00186. The molecule has 10 nitrogen and oxygen atoms in total. The van der Waals surface area contributed by atoms with Crippen molar-refractivity contribution >= 4 is 28.7 Å². The number of amides is 2. The molecule has 0 bridgehead atoms. The summed E-state index contributed by atoms with van der Waals surface area (Å²) in [5.74, 6) is -1.03. The highest BCUT2D eigenvalue weighted by molar-refractivity contribution is 6.00. The van der Waals surface area contributed by atoms with Gasteiger partial charge in [0.2, 0.25) is 0 Å². The maximum atomic E-state index is 15.4. The number of nitrogens with zero attached hydrogens (tertiary/aromatic N) is 4. The number of aryl methyl sites for hydroxylation is 1. The summed E-state index contributed by atoms with van der Waals surface area (Å²) in [5, 5.41) is 9.34. The van der Waals surface area contributed by atoms with E-state index in [0.717, 1.165) is 36.3 Å². The number of nitrogen functional groups attached to an aromatic ring is 1. The Labute approximate surface area is 230 Å². The van der Waals surface area contributed by atoms with Gasteiger partial charge in [0, 0.05) is 44.5 Å². The number of nitrogens with two attached hydrogens (primary N) is 1. The van der Waals surface area contributed by atoms with Gasteiger partial charge in [0.25, 0.3) is 0 Å². The number of carbonyl (C=O) groups is 1. The van der Waals surface area contributed by atoms with Gasteiger partial charge in [-0.1, -0.05) is 12.1 Å². The van der Waals surface area contributed by atoms with Crippen LogP contribution in [0.5, 0.6) is 0 Å². The van der Waals surface area contributed by atoms with Crippen molar-refractivity contribution in [3.05, 3.63) is 71.2 Å². The minimum Gasteiger partial charge on any atom is -0.382 e. The fourth-order valence-corrected chi connectivity index (χ4v) is 4.94. The van der Waals surface area contributed by atoms with Crippen LogP contribution in [-0.4, -0.2) is 58.9 Å². The third kappa shape index (κ3) is 5.74. The van der Waals surface area contributed by atoms with Gasteiger partial charge < -0.3 is 25.8 Å². The Balaban J connectivity index is 1.49. The van der Waals surface area contributed by atoms with E-state index in [0.29, 0.717) is 36.4 Å². The molecule has 1 fully saturated rings. The second kappa shape index (κ2) is 11.9. The smallest absolute Gasteiger partial charge is 0.323 e. The molecule has 3 heterocycles. The second-order valence-electron chi connectivity index (χ2n) is 9.64. The first kappa shape index (κ1) is 27.4. The fourth-order valence-electron chi connectivity index (χ4n) is 4.94. The third-order valence-corrected chi connectivity index (χ3v) is 6.81. The van der Waals surface area contributed by atoms with Gasteiger partial charge in [-0.05, 0) is 48.7 Å². The van der Waals surface area contributed by atoms with E-state index in [4.69, 9.17) is 15.2 Å². The molecular weight excluding hydrogens is 520 g/mol. The van der Waals surface area contributed by atoms with E-state index < -0.39 is 17.7 Å². The summed E-state index contributed by atoms with van der Waals surface area (Å²) < 4.78 is 42.3. The molecule has 0 saturated carbocycles. The van der Waals surface area contributed by atoms with Gasteiger partial charge in [0.15, 0.2) is 5.82 Å². The lowest BCUT2D eigenvalue weighted by molar-refractivity contribution is 0.139. The molecule has 0 aliphatic carbocycles. The molecule has 210 valence electrons. The predicted octanol–water partition coefficient (Wildman–Crippen LogP) is 4.58. The van der Waals surface area contributed by atoms with E-state index in [1.807, 2.05) is 0 Å². The molecule has 0 spiro atoms. The Kier molecular flexibility index (Phi) is 8.19. The number of fused-ring (bicyclic) bond motifs is 1. The maximum absolute atomic E-state index is 15.4. The van der Waals surface area contributed by atoms with E-state index in [2.05, 4.69) is 25.6 Å². The minimum atomic E-state index is -0.771. The summed E-state index contributed by atoms with van der Waals surface area (Å²) in [7, 11) is 1.59. The zero-order chi connectivity index (χ0) is 28.2. The molecule has 4 N–H and O–H groups in total. The highest BCUT2D eigenvalue weighted by Gasteiger charge is 2.25. The van der Waals surface area contributed by atoms with Gasteiger partial charge in [0.05, 0.1) is 30.3 Å². The lowest BCUT2D eigenvalue weighted by Crippen LogP contribution is -2.27. The molecule has 0 radical (unpaired) electrons. The van der Waals surface area contributed by atoms with Gasteiger partial charge in [-0.25, -0.2) is 23.1 Å². The molecule has 1 aliphatic rings. The van der Waals surface area contributed by atoms with Crippen molar-refractivity contribution in [1.29, 1.82) is 0 Å². The van der Waals surface area contributed by atoms with Crippen molar-refractivity contribution < 1.29 is 23.0 Å². The monoisotopic (exact) mass is 551 g/mol. The molecule has 1 aliphatic heterocycles. The van der Waals surface area contributed by atoms with Crippen LogP contribution in [0.2, 0.25) is 0 Å². The summed E-state index contributed by atoms with van der Waals surface area (Å²) in [4.78, 5) is 19.0. The number of urea groups is 1. The van der Waals surface area contributed by atoms with Gasteiger partial charge >= 0.3 is 6.03 Å². The molecular formula is C28H31F2N7O3. The summed E-state index contributed by atoms with van der Waals surface area (Å²) in [6, 6.07) is 8.00. The summed E-state index contributed by atoms with van der Waals surface area (Å²) >= 11 is 0. The first-order chi connectivity index (χ1) is 19.4. The fraction of sp³-hybridized carbons (Fsp3) is 0.321. The van der Waals surface area contributed by atoms with Crippen LogP contribution in [0.1, 0.15) is 23.2 Å². The van der Waals surface area contributed by atoms with E-state index in [9.17, 15) is 9.18 Å². The molecule has 2 amide bonds. The average molecular weight is 552 g/mol. The Bertz CT molecular complexity index is 1530. The molecule has 2 aromatic heterocycles. The Morgan fingerprint density at radius 1 is 1.10 bits per heavy atom. The van der Waals surface area contributed by atoms with Crippen LogP contribution in [-0.2, 0) is 22.6 Å². The first-order valence-corrected chi connectivity index (χ1v) is 12.9. The maximum Gasteiger partial charge on any atom is 0.323 e. The average Bonchev–Trinajstić information content (AvgIpc) is 3.05. The number of ether oxygens (including phenoxy) is 2. The standard InChI is InChI=1S/C28H31F2N7O3/c1-17-4-6-20(29)23(12-17)35-28(38)34-22-7-5-18(13-21(22)30)25-19(15-39-2)24(14-36-8-3-10-40-11-9-36)37-26(25)27(31)32-16-33-37/h4-7,12-13,16H,3,8-11,14-15H2,1-2H3,(H2,31,32,33)(H2,34,35,38). The SMILES string of the molecule is COCc1c(-c2ccc(NC(=O)Nc3cc(C)ccc3F)c(F)c2)c2c(N)ncnn2c1CN1CCCOCC1. The van der Waals surface area contributed by atoms with E-state index in [-0.39, 0.29) is 23.8 Å². The third-order valence-electron chi connectivity index (χ3n) is 6.81. The van der Waals surface area contributed by atoms with Crippen LogP contribution in [0.15, 0.2) is 42.7 Å². The van der Waals surface area contributed by atoms with E-state index >= 15 is 4.39 Å². The van der Waals surface area contributed by atoms with Gasteiger partial charge in [0.1, 0.15) is 23.5 Å². The number of aromatic nitrogens is 3. The summed E-state index contributed by atoms with van der Waals surface area (Å²) in [6.07, 6.45) is 2.30. The molecule has 4 aromatic rings. The highest BCUT2D eigenvalue weighted by Crippen LogP contribution is 2.37. The van der Waals surface area contributed by atoms with E-state index in [1.54, 1.807) is 30.7 Å². The highest BCUT2D eigenvalue weighted by atomic mass is 19.1. The number of hydrogen-bond acceptors (Lipinski definition) is 7. The summed E-state index contributed by atoms with van der Waals surface area (Å²) in [6.45, 7) is 5.56. The van der Waals surface area contributed by atoms with Crippen molar-refractivity contribution in [2.24, 2.45) is 0 Å². The Morgan fingerprint density at radius 3 is 2.73 bits per heavy atom. The van der Waals surface area contributed by atoms with Crippen LogP contribution >= 0.6 is 0 Å². The zero-order valence-electron chi connectivity index (χ0n) is 22.3. The van der Waals surface area contributed by atoms with Crippen molar-refractivity contribution in [3.8, 4) is 11.1 Å². The van der Waals surface area contributed by atoms with Crippen LogP contribution in [0.3, 0.4) is 0 Å². The first-order valence-electron chi connectivity index (χ1n) is 12.9. The number of hydrogen-bond donors (Lipinski definition) is 3. The molecule has 12 heteroatoms. The summed E-state index contributed by atoms with van der Waals surface area (Å²) in [5.41, 5.74) is 10.4. The van der Waals surface area contributed by atoms with E-state index in [1.165, 1.54) is 30.6 Å². The number of anilines is 3. The van der Waals surface area contributed by atoms with Crippen molar-refractivity contribution in [3.63, 3.8) is 0 Å². The number of methoxy groups -OCH3 is 1. The Hall–Kier alpha value is -4.13. The van der Waals surface area contributed by atoms with Crippen LogP contribution in [0.4, 0.5) is 30.8 Å². The number of halogens is 2. The molecule has 0 atom stereocenters. The van der Waals surface area contributed by atoms with Crippen molar-refractivity contribution in [2.75, 3.05) is 49.8 Å². The van der Waals surface area contributed by atoms with Crippen LogP contribution < -0.4 is 16.4 Å². The van der Waals surface area contributed by atoms with Crippen molar-refractivity contribution in [1.82, 2.24) is 19.5 Å². The molecule has 1 saturated heterocycles. The molecule has 0 unspecified atom stereocenters. The van der Waals surface area contributed by atoms with Crippen LogP contribution in [0.25, 0.3) is 16.6 Å². The van der Waals surface area contributed by atoms with Gasteiger partial charge in [-0.3, -0.25) is 4.90 Å². The number of benzene rings is 2.